The zero-order chi connectivity index (χ0) is 23.9. The number of carbonyl (C=O) groups excluding carboxylic acids is 1. The maximum absolute atomic E-state index is 12.1. The highest BCUT2D eigenvalue weighted by Crippen LogP contribution is 2.28. The summed E-state index contributed by atoms with van der Waals surface area (Å²) in [5.74, 6) is 1.72. The Morgan fingerprint density at radius 2 is 1.69 bits per heavy atom. The number of hydrogen-bond donors (Lipinski definition) is 2. The molecule has 2 N–H and O–H groups in total. The molecule has 2 heterocycles. The SMILES string of the molecule is O=C(C=Cc1ccccc1)NCCN1CCN(c2nc(NC3CCCC3)c3ccccc3n2)CC1. The number of piperazine rings is 1. The van der Waals surface area contributed by atoms with Crippen LogP contribution in [0.5, 0.6) is 0 Å². The summed E-state index contributed by atoms with van der Waals surface area (Å²) in [6.45, 7) is 5.09. The first-order chi connectivity index (χ1) is 17.2. The second-order valence-corrected chi connectivity index (χ2v) is 9.38. The van der Waals surface area contributed by atoms with Gasteiger partial charge in [0.05, 0.1) is 5.52 Å². The lowest BCUT2D eigenvalue weighted by Gasteiger charge is -2.35. The molecule has 0 unspecified atom stereocenters. The van der Waals surface area contributed by atoms with Crippen LogP contribution in [0.4, 0.5) is 11.8 Å². The van der Waals surface area contributed by atoms with Gasteiger partial charge in [-0.2, -0.15) is 4.98 Å². The number of benzene rings is 2. The van der Waals surface area contributed by atoms with Crippen molar-refractivity contribution in [2.75, 3.05) is 49.5 Å². The summed E-state index contributed by atoms with van der Waals surface area (Å²) >= 11 is 0. The number of amides is 1. The Labute approximate surface area is 207 Å². The van der Waals surface area contributed by atoms with E-state index < -0.39 is 0 Å². The van der Waals surface area contributed by atoms with Crippen molar-refractivity contribution < 1.29 is 4.79 Å². The third kappa shape index (κ3) is 6.17. The summed E-state index contributed by atoms with van der Waals surface area (Å²) in [4.78, 5) is 26.6. The maximum atomic E-state index is 12.1. The molecule has 35 heavy (non-hydrogen) atoms. The van der Waals surface area contributed by atoms with E-state index in [1.54, 1.807) is 6.08 Å². The summed E-state index contributed by atoms with van der Waals surface area (Å²) in [7, 11) is 0. The van der Waals surface area contributed by atoms with E-state index >= 15 is 0 Å². The molecule has 1 aliphatic heterocycles. The molecule has 1 saturated heterocycles. The Kier molecular flexibility index (Phi) is 7.53. The Bertz CT molecular complexity index is 1150. The van der Waals surface area contributed by atoms with Gasteiger partial charge in [0.1, 0.15) is 5.82 Å². The van der Waals surface area contributed by atoms with Gasteiger partial charge in [-0.05, 0) is 36.6 Å². The number of hydrogen-bond acceptors (Lipinski definition) is 6. The molecule has 2 fully saturated rings. The first-order valence-electron chi connectivity index (χ1n) is 12.8. The third-order valence-electron chi connectivity index (χ3n) is 6.90. The number of rotatable bonds is 8. The molecule has 5 rings (SSSR count). The van der Waals surface area contributed by atoms with Crippen LogP contribution in [0.15, 0.2) is 60.7 Å². The minimum Gasteiger partial charge on any atom is -0.367 e. The quantitative estimate of drug-likeness (QED) is 0.486. The number of carbonyl (C=O) groups is 1. The highest BCUT2D eigenvalue weighted by molar-refractivity contribution is 5.91. The molecule has 2 aliphatic rings. The highest BCUT2D eigenvalue weighted by atomic mass is 16.1. The minimum absolute atomic E-state index is 0.0562. The van der Waals surface area contributed by atoms with Crippen molar-refractivity contribution in [1.82, 2.24) is 20.2 Å². The van der Waals surface area contributed by atoms with Crippen molar-refractivity contribution >= 4 is 34.7 Å². The van der Waals surface area contributed by atoms with Gasteiger partial charge in [-0.25, -0.2) is 4.98 Å². The summed E-state index contributed by atoms with van der Waals surface area (Å²) in [6, 6.07) is 18.7. The fourth-order valence-corrected chi connectivity index (χ4v) is 4.88. The highest BCUT2D eigenvalue weighted by Gasteiger charge is 2.22. The van der Waals surface area contributed by atoms with Crippen molar-refractivity contribution in [3.63, 3.8) is 0 Å². The molecule has 1 aliphatic carbocycles. The molecule has 1 amide bonds. The predicted octanol–water partition coefficient (Wildman–Crippen LogP) is 3.94. The number of fused-ring (bicyclic) bond motifs is 1. The lowest BCUT2D eigenvalue weighted by molar-refractivity contribution is -0.116. The Morgan fingerprint density at radius 3 is 2.49 bits per heavy atom. The van der Waals surface area contributed by atoms with Gasteiger partial charge in [0.15, 0.2) is 0 Å². The second kappa shape index (κ2) is 11.3. The van der Waals surface area contributed by atoms with Gasteiger partial charge in [-0.3, -0.25) is 9.69 Å². The molecule has 3 aromatic rings. The molecule has 0 bridgehead atoms. The molecule has 182 valence electrons. The smallest absolute Gasteiger partial charge is 0.244 e. The van der Waals surface area contributed by atoms with Crippen molar-refractivity contribution in [3.8, 4) is 0 Å². The van der Waals surface area contributed by atoms with Gasteiger partial charge in [-0.15, -0.1) is 0 Å². The van der Waals surface area contributed by atoms with Crippen molar-refractivity contribution in [2.45, 2.75) is 31.7 Å². The van der Waals surface area contributed by atoms with Crippen LogP contribution in [0.1, 0.15) is 31.2 Å². The fourth-order valence-electron chi connectivity index (χ4n) is 4.88. The monoisotopic (exact) mass is 470 g/mol. The lowest BCUT2D eigenvalue weighted by Crippen LogP contribution is -2.49. The topological polar surface area (TPSA) is 73.4 Å². The minimum atomic E-state index is -0.0562. The van der Waals surface area contributed by atoms with Gasteiger partial charge >= 0.3 is 0 Å². The van der Waals surface area contributed by atoms with Crippen LogP contribution in [-0.4, -0.2) is 66.1 Å². The van der Waals surface area contributed by atoms with Crippen LogP contribution >= 0.6 is 0 Å². The molecule has 1 saturated carbocycles. The summed E-state index contributed by atoms with van der Waals surface area (Å²) in [5.41, 5.74) is 2.02. The average molecular weight is 471 g/mol. The van der Waals surface area contributed by atoms with E-state index in [-0.39, 0.29) is 5.91 Å². The molecule has 7 nitrogen and oxygen atoms in total. The molecule has 0 spiro atoms. The first-order valence-corrected chi connectivity index (χ1v) is 12.8. The number of nitrogens with one attached hydrogen (secondary N) is 2. The van der Waals surface area contributed by atoms with Crippen molar-refractivity contribution in [2.24, 2.45) is 0 Å². The van der Waals surface area contributed by atoms with Crippen molar-refractivity contribution in [3.05, 3.63) is 66.2 Å². The predicted molar refractivity (Wildman–Crippen MR) is 143 cm³/mol. The van der Waals surface area contributed by atoms with Gasteiger partial charge in [0, 0.05) is 56.8 Å². The Balaban J connectivity index is 1.13. The maximum Gasteiger partial charge on any atom is 0.244 e. The number of para-hydroxylation sites is 1. The van der Waals surface area contributed by atoms with Gasteiger partial charge in [0.25, 0.3) is 0 Å². The largest absolute Gasteiger partial charge is 0.367 e. The van der Waals surface area contributed by atoms with E-state index in [4.69, 9.17) is 9.97 Å². The van der Waals surface area contributed by atoms with Crippen LogP contribution in [0.2, 0.25) is 0 Å². The average Bonchev–Trinajstić information content (AvgIpc) is 3.42. The molecule has 0 atom stereocenters. The first kappa shape index (κ1) is 23.3. The van der Waals surface area contributed by atoms with Crippen LogP contribution in [0.3, 0.4) is 0 Å². The van der Waals surface area contributed by atoms with Gasteiger partial charge < -0.3 is 15.5 Å². The lowest BCUT2D eigenvalue weighted by atomic mass is 10.2. The fraction of sp³-hybridized carbons (Fsp3) is 0.393. The summed E-state index contributed by atoms with van der Waals surface area (Å²) < 4.78 is 0. The van der Waals surface area contributed by atoms with Crippen LogP contribution in [0, 0.1) is 0 Å². The molecule has 7 heteroatoms. The number of nitrogens with zero attached hydrogens (tertiary/aromatic N) is 4. The van der Waals surface area contributed by atoms with E-state index in [0.717, 1.165) is 61.0 Å². The van der Waals surface area contributed by atoms with E-state index in [9.17, 15) is 4.79 Å². The van der Waals surface area contributed by atoms with E-state index in [2.05, 4.69) is 38.6 Å². The van der Waals surface area contributed by atoms with Gasteiger partial charge in [0.2, 0.25) is 11.9 Å². The van der Waals surface area contributed by atoms with Gasteiger partial charge in [-0.1, -0.05) is 55.3 Å². The molecular formula is C28H34N6O. The second-order valence-electron chi connectivity index (χ2n) is 9.38. The van der Waals surface area contributed by atoms with E-state index in [1.165, 1.54) is 25.7 Å². The molecule has 0 radical (unpaired) electrons. The zero-order valence-electron chi connectivity index (χ0n) is 20.2. The summed E-state index contributed by atoms with van der Waals surface area (Å²) in [5, 5.41) is 7.78. The van der Waals surface area contributed by atoms with E-state index in [1.807, 2.05) is 42.5 Å². The molecule has 2 aromatic carbocycles. The van der Waals surface area contributed by atoms with Crippen LogP contribution in [-0.2, 0) is 4.79 Å². The zero-order valence-corrected chi connectivity index (χ0v) is 20.2. The number of aromatic nitrogens is 2. The van der Waals surface area contributed by atoms with Crippen molar-refractivity contribution in [1.29, 1.82) is 0 Å². The normalized spacial score (nSPS) is 17.3. The van der Waals surface area contributed by atoms with Crippen LogP contribution in [0.25, 0.3) is 17.0 Å². The van der Waals surface area contributed by atoms with E-state index in [0.29, 0.717) is 12.6 Å². The molecule has 1 aromatic heterocycles. The molecular weight excluding hydrogens is 436 g/mol. The standard InChI is InChI=1S/C28H34N6O/c35-26(15-14-22-8-2-1-3-9-22)29-16-17-33-18-20-34(21-19-33)28-31-25-13-7-6-12-24(25)27(32-28)30-23-10-4-5-11-23/h1-3,6-9,12-15,23H,4-5,10-11,16-21H2,(H,29,35)(H,30,31,32). The Morgan fingerprint density at radius 1 is 0.943 bits per heavy atom. The number of anilines is 2. The third-order valence-corrected chi connectivity index (χ3v) is 6.90. The summed E-state index contributed by atoms with van der Waals surface area (Å²) in [6.07, 6.45) is 8.45. The van der Waals surface area contributed by atoms with Crippen LogP contribution < -0.4 is 15.5 Å². The Hall–Kier alpha value is -3.45.